The van der Waals surface area contributed by atoms with Crippen molar-refractivity contribution in [3.63, 3.8) is 0 Å². The fourth-order valence-electron chi connectivity index (χ4n) is 3.29. The first-order valence-corrected chi connectivity index (χ1v) is 10.5. The van der Waals surface area contributed by atoms with Crippen molar-refractivity contribution in [2.45, 2.75) is 31.1 Å². The average Bonchev–Trinajstić information content (AvgIpc) is 3.29. The number of benzene rings is 2. The van der Waals surface area contributed by atoms with Crippen LogP contribution in [0, 0.1) is 6.92 Å². The summed E-state index contributed by atoms with van der Waals surface area (Å²) in [6.45, 7) is 1.80. The van der Waals surface area contributed by atoms with Crippen LogP contribution in [-0.2, 0) is 16.0 Å². The summed E-state index contributed by atoms with van der Waals surface area (Å²) in [5.74, 6) is 1.60. The highest BCUT2D eigenvalue weighted by atomic mass is 32.2. The van der Waals surface area contributed by atoms with E-state index in [0.29, 0.717) is 29.5 Å². The molecule has 0 radical (unpaired) electrons. The monoisotopic (exact) mass is 423 g/mol. The lowest BCUT2D eigenvalue weighted by atomic mass is 10.1. The minimum absolute atomic E-state index is 0.00805. The van der Waals surface area contributed by atoms with Gasteiger partial charge in [0.2, 0.25) is 5.89 Å². The molecule has 1 N–H and O–H groups in total. The number of thioether (sulfide) groups is 1. The second-order valence-electron chi connectivity index (χ2n) is 7.12. The van der Waals surface area contributed by atoms with Gasteiger partial charge in [0.25, 0.3) is 0 Å². The summed E-state index contributed by atoms with van der Waals surface area (Å²) in [5.41, 5.74) is 2.26. The average molecular weight is 423 g/mol. The first-order valence-electron chi connectivity index (χ1n) is 9.64. The molecule has 2 atom stereocenters. The molecule has 2 unspecified atom stereocenters. The molecule has 2 aromatic carbocycles. The summed E-state index contributed by atoms with van der Waals surface area (Å²) in [7, 11) is 0. The number of Topliss-reactive ketones (excluding diaryl/α,β-unsaturated/α-hetero) is 1. The van der Waals surface area contributed by atoms with Crippen LogP contribution in [-0.4, -0.2) is 32.8 Å². The Morgan fingerprint density at radius 3 is 2.57 bits per heavy atom. The van der Waals surface area contributed by atoms with Crippen LogP contribution in [0.2, 0.25) is 0 Å². The predicted molar refractivity (Wildman–Crippen MR) is 113 cm³/mol. The van der Waals surface area contributed by atoms with Gasteiger partial charge in [-0.15, -0.1) is 0 Å². The molecule has 0 saturated carbocycles. The molecule has 3 aromatic rings. The molecule has 2 heterocycles. The van der Waals surface area contributed by atoms with Gasteiger partial charge in [-0.05, 0) is 43.2 Å². The highest BCUT2D eigenvalue weighted by Crippen LogP contribution is 2.29. The Labute approximate surface area is 178 Å². The molecule has 0 aliphatic carbocycles. The summed E-state index contributed by atoms with van der Waals surface area (Å²) in [4.78, 5) is 27.6. The topological polar surface area (TPSA) is 89.6 Å². The normalized spacial score (nSPS) is 17.3. The summed E-state index contributed by atoms with van der Waals surface area (Å²) in [5, 5.41) is 10.2. The Kier molecular flexibility index (Phi) is 6.01. The van der Waals surface area contributed by atoms with Crippen LogP contribution >= 0.6 is 11.8 Å². The predicted octanol–water partition coefficient (Wildman–Crippen LogP) is 3.91. The van der Waals surface area contributed by atoms with E-state index >= 15 is 0 Å². The third-order valence-electron chi connectivity index (χ3n) is 4.87. The van der Waals surface area contributed by atoms with Crippen LogP contribution in [0.1, 0.15) is 29.5 Å². The second-order valence-corrected chi connectivity index (χ2v) is 8.38. The maximum absolute atomic E-state index is 11.8. The number of aryl methyl sites for hydroxylation is 1. The number of aliphatic hydroxyl groups excluding tert-OH is 1. The second kappa shape index (κ2) is 8.85. The molecule has 1 aromatic heterocycles. The Bertz CT molecular complexity index is 1050. The van der Waals surface area contributed by atoms with Crippen molar-refractivity contribution in [2.75, 3.05) is 6.61 Å². The van der Waals surface area contributed by atoms with E-state index in [4.69, 9.17) is 9.15 Å². The lowest BCUT2D eigenvalue weighted by Gasteiger charge is -2.12. The van der Waals surface area contributed by atoms with Gasteiger partial charge in [-0.2, -0.15) is 0 Å². The van der Waals surface area contributed by atoms with Crippen molar-refractivity contribution >= 4 is 22.7 Å². The van der Waals surface area contributed by atoms with E-state index in [0.717, 1.165) is 22.9 Å². The summed E-state index contributed by atoms with van der Waals surface area (Å²) < 4.78 is 11.4. The number of carbonyl (C=O) groups is 2. The molecule has 0 spiro atoms. The number of carbonyl (C=O) groups excluding carboxylic acids is 2. The Morgan fingerprint density at radius 2 is 1.90 bits per heavy atom. The highest BCUT2D eigenvalue weighted by molar-refractivity contribution is 8.15. The fraction of sp³-hybridized carbons (Fsp3) is 0.261. The quantitative estimate of drug-likeness (QED) is 0.576. The van der Waals surface area contributed by atoms with Crippen molar-refractivity contribution in [2.24, 2.45) is 0 Å². The van der Waals surface area contributed by atoms with Crippen LogP contribution in [0.3, 0.4) is 0 Å². The number of aromatic nitrogens is 1. The van der Waals surface area contributed by atoms with Crippen LogP contribution in [0.5, 0.6) is 5.75 Å². The summed E-state index contributed by atoms with van der Waals surface area (Å²) in [6, 6.07) is 16.8. The first kappa shape index (κ1) is 20.4. The van der Waals surface area contributed by atoms with Crippen molar-refractivity contribution in [1.82, 2.24) is 4.98 Å². The molecule has 1 aliphatic heterocycles. The number of hydrogen-bond acceptors (Lipinski definition) is 7. The van der Waals surface area contributed by atoms with Crippen LogP contribution in [0.15, 0.2) is 59.0 Å². The molecule has 1 fully saturated rings. The number of nitrogens with zero attached hydrogens (tertiary/aromatic N) is 1. The van der Waals surface area contributed by atoms with E-state index in [1.807, 2.05) is 42.5 Å². The third kappa shape index (κ3) is 4.63. The van der Waals surface area contributed by atoms with Crippen molar-refractivity contribution in [3.8, 4) is 17.2 Å². The van der Waals surface area contributed by atoms with E-state index in [9.17, 15) is 14.7 Å². The van der Waals surface area contributed by atoms with Crippen molar-refractivity contribution in [1.29, 1.82) is 0 Å². The van der Waals surface area contributed by atoms with Crippen molar-refractivity contribution in [3.05, 3.63) is 71.6 Å². The zero-order chi connectivity index (χ0) is 21.1. The van der Waals surface area contributed by atoms with Gasteiger partial charge < -0.3 is 14.3 Å². The van der Waals surface area contributed by atoms with Gasteiger partial charge >= 0.3 is 0 Å². The van der Waals surface area contributed by atoms with Crippen LogP contribution in [0.25, 0.3) is 11.5 Å². The van der Waals surface area contributed by atoms with Gasteiger partial charge in [0.05, 0.1) is 11.7 Å². The van der Waals surface area contributed by atoms with E-state index in [-0.39, 0.29) is 29.2 Å². The molecule has 0 bridgehead atoms. The minimum Gasteiger partial charge on any atom is -0.490 e. The van der Waals surface area contributed by atoms with Gasteiger partial charge in [0.15, 0.2) is 10.9 Å². The van der Waals surface area contributed by atoms with Gasteiger partial charge in [0, 0.05) is 5.56 Å². The van der Waals surface area contributed by atoms with Crippen LogP contribution in [0.4, 0.5) is 0 Å². The number of oxazole rings is 1. The standard InChI is InChI=1S/C23H21NO5S/c1-14-22(24-23(29-14)16-5-3-2-4-6-16)19(26)13-28-17-9-7-15(8-10-17)11-20-18(25)12-21(27)30-20/h2-10,19-20,26H,11-13H2,1H3. The largest absolute Gasteiger partial charge is 0.490 e. The molecule has 6 nitrogen and oxygen atoms in total. The highest BCUT2D eigenvalue weighted by Gasteiger charge is 2.31. The molecular formula is C23H21NO5S. The van der Waals surface area contributed by atoms with E-state index in [2.05, 4.69) is 4.98 Å². The van der Waals surface area contributed by atoms with E-state index in [1.54, 1.807) is 19.1 Å². The maximum Gasteiger partial charge on any atom is 0.226 e. The Morgan fingerprint density at radius 1 is 1.17 bits per heavy atom. The van der Waals surface area contributed by atoms with E-state index < -0.39 is 6.10 Å². The van der Waals surface area contributed by atoms with Crippen molar-refractivity contribution < 1.29 is 23.8 Å². The lowest BCUT2D eigenvalue weighted by Crippen LogP contribution is -2.13. The van der Waals surface area contributed by atoms with Gasteiger partial charge in [-0.25, -0.2) is 4.98 Å². The summed E-state index contributed by atoms with van der Waals surface area (Å²) >= 11 is 1.12. The smallest absolute Gasteiger partial charge is 0.226 e. The first-order chi connectivity index (χ1) is 14.5. The molecule has 1 aliphatic rings. The van der Waals surface area contributed by atoms with Gasteiger partial charge in [-0.1, -0.05) is 42.1 Å². The molecule has 1 saturated heterocycles. The number of ketones is 1. The Hall–Kier alpha value is -2.90. The third-order valence-corrected chi connectivity index (χ3v) is 5.99. The molecule has 7 heteroatoms. The zero-order valence-electron chi connectivity index (χ0n) is 16.4. The summed E-state index contributed by atoms with van der Waals surface area (Å²) in [6.07, 6.45) is -0.371. The molecule has 0 amide bonds. The maximum atomic E-state index is 11.8. The van der Waals surface area contributed by atoms with Gasteiger partial charge in [-0.3, -0.25) is 9.59 Å². The molecular weight excluding hydrogens is 402 g/mol. The fourth-order valence-corrected chi connectivity index (χ4v) is 4.32. The number of hydrogen-bond donors (Lipinski definition) is 1. The zero-order valence-corrected chi connectivity index (χ0v) is 17.2. The lowest BCUT2D eigenvalue weighted by molar-refractivity contribution is -0.121. The number of ether oxygens (including phenoxy) is 1. The molecule has 4 rings (SSSR count). The van der Waals surface area contributed by atoms with E-state index in [1.165, 1.54) is 0 Å². The minimum atomic E-state index is -0.926. The molecule has 30 heavy (non-hydrogen) atoms. The van der Waals surface area contributed by atoms with Crippen LogP contribution < -0.4 is 4.74 Å². The number of rotatable bonds is 7. The van der Waals surface area contributed by atoms with Gasteiger partial charge in [0.1, 0.15) is 29.9 Å². The Balaban J connectivity index is 1.35. The number of aliphatic hydroxyl groups is 1. The SMILES string of the molecule is Cc1oc(-c2ccccc2)nc1C(O)COc1ccc(CC2SC(=O)CC2=O)cc1. The molecule has 154 valence electrons.